The Morgan fingerprint density at radius 1 is 1.19 bits per heavy atom. The van der Waals surface area contributed by atoms with Crippen molar-refractivity contribution in [2.45, 2.75) is 11.4 Å². The van der Waals surface area contributed by atoms with Crippen molar-refractivity contribution >= 4 is 15.8 Å². The second-order valence-corrected chi connectivity index (χ2v) is 6.47. The summed E-state index contributed by atoms with van der Waals surface area (Å²) in [4.78, 5) is 3.70. The molecule has 0 aliphatic rings. The molecule has 0 unspecified atom stereocenters. The van der Waals surface area contributed by atoms with Gasteiger partial charge >= 0.3 is 0 Å². The van der Waals surface area contributed by atoms with E-state index in [9.17, 15) is 17.2 Å². The van der Waals surface area contributed by atoms with Gasteiger partial charge < -0.3 is 5.73 Å². The highest BCUT2D eigenvalue weighted by Gasteiger charge is 2.21. The first-order valence-corrected chi connectivity index (χ1v) is 7.36. The van der Waals surface area contributed by atoms with E-state index in [2.05, 4.69) is 4.98 Å². The summed E-state index contributed by atoms with van der Waals surface area (Å²) in [6, 6.07) is 5.95. The van der Waals surface area contributed by atoms with E-state index >= 15 is 0 Å². The number of hydrogen-bond donors (Lipinski definition) is 1. The van der Waals surface area contributed by atoms with Crippen LogP contribution in [0.15, 0.2) is 41.4 Å². The summed E-state index contributed by atoms with van der Waals surface area (Å²) in [5.74, 6) is -1.79. The molecule has 0 spiro atoms. The second kappa shape index (κ2) is 5.74. The molecule has 0 radical (unpaired) electrons. The van der Waals surface area contributed by atoms with Crippen molar-refractivity contribution < 1.29 is 17.2 Å². The smallest absolute Gasteiger partial charge is 0.244 e. The number of benzene rings is 1. The second-order valence-electron chi connectivity index (χ2n) is 4.43. The Hall–Kier alpha value is -2.06. The Morgan fingerprint density at radius 2 is 1.90 bits per heavy atom. The molecule has 0 fully saturated rings. The number of aromatic nitrogens is 1. The SMILES string of the molecule is CN(Cc1ccc(F)c(F)c1)S(=O)(=O)c1ccc(N)nc1. The third kappa shape index (κ3) is 3.34. The number of pyridine rings is 1. The molecule has 112 valence electrons. The zero-order valence-electron chi connectivity index (χ0n) is 11.1. The molecule has 0 bridgehead atoms. The number of nitrogens with two attached hydrogens (primary N) is 1. The first kappa shape index (κ1) is 15.3. The largest absolute Gasteiger partial charge is 0.384 e. The van der Waals surface area contributed by atoms with Gasteiger partial charge in [-0.1, -0.05) is 6.07 Å². The Morgan fingerprint density at radius 3 is 2.48 bits per heavy atom. The van der Waals surface area contributed by atoms with E-state index in [1.807, 2.05) is 0 Å². The summed E-state index contributed by atoms with van der Waals surface area (Å²) in [7, 11) is -2.44. The van der Waals surface area contributed by atoms with Gasteiger partial charge in [0, 0.05) is 19.8 Å². The average molecular weight is 313 g/mol. The third-order valence-electron chi connectivity index (χ3n) is 2.86. The molecule has 2 rings (SSSR count). The van der Waals surface area contributed by atoms with Crippen LogP contribution in [0.25, 0.3) is 0 Å². The number of hydrogen-bond acceptors (Lipinski definition) is 4. The lowest BCUT2D eigenvalue weighted by Crippen LogP contribution is -2.26. The minimum absolute atomic E-state index is 0.0261. The van der Waals surface area contributed by atoms with Crippen molar-refractivity contribution in [2.75, 3.05) is 12.8 Å². The number of sulfonamides is 1. The number of nitrogens with zero attached hydrogens (tertiary/aromatic N) is 2. The van der Waals surface area contributed by atoms with Crippen molar-refractivity contribution in [3.05, 3.63) is 53.7 Å². The molecular formula is C13H13F2N3O2S. The van der Waals surface area contributed by atoms with Crippen LogP contribution >= 0.6 is 0 Å². The van der Waals surface area contributed by atoms with E-state index in [1.54, 1.807) is 0 Å². The van der Waals surface area contributed by atoms with E-state index in [-0.39, 0.29) is 17.3 Å². The van der Waals surface area contributed by atoms with Crippen molar-refractivity contribution in [1.82, 2.24) is 9.29 Å². The molecule has 5 nitrogen and oxygen atoms in total. The maximum Gasteiger partial charge on any atom is 0.244 e. The summed E-state index contributed by atoms with van der Waals surface area (Å²) in [5.41, 5.74) is 5.74. The fraction of sp³-hybridized carbons (Fsp3) is 0.154. The van der Waals surface area contributed by atoms with E-state index in [1.165, 1.54) is 25.2 Å². The molecule has 8 heteroatoms. The summed E-state index contributed by atoms with van der Waals surface area (Å²) in [5, 5.41) is 0. The third-order valence-corrected chi connectivity index (χ3v) is 4.64. The van der Waals surface area contributed by atoms with Crippen LogP contribution in [-0.2, 0) is 16.6 Å². The minimum Gasteiger partial charge on any atom is -0.384 e. The van der Waals surface area contributed by atoms with Crippen LogP contribution in [0.2, 0.25) is 0 Å². The van der Waals surface area contributed by atoms with E-state index in [4.69, 9.17) is 5.73 Å². The fourth-order valence-corrected chi connectivity index (χ4v) is 2.81. The van der Waals surface area contributed by atoms with Gasteiger partial charge in [-0.25, -0.2) is 22.2 Å². The van der Waals surface area contributed by atoms with Crippen LogP contribution in [-0.4, -0.2) is 24.8 Å². The number of rotatable bonds is 4. The maximum atomic E-state index is 13.1. The molecule has 0 saturated carbocycles. The molecular weight excluding hydrogens is 300 g/mol. The normalized spacial score (nSPS) is 11.8. The fourth-order valence-electron chi connectivity index (χ4n) is 1.70. The lowest BCUT2D eigenvalue weighted by Gasteiger charge is -2.17. The molecule has 1 aromatic heterocycles. The average Bonchev–Trinajstić information content (AvgIpc) is 2.43. The van der Waals surface area contributed by atoms with E-state index < -0.39 is 21.7 Å². The van der Waals surface area contributed by atoms with Gasteiger partial charge in [-0.15, -0.1) is 0 Å². The Labute approximate surface area is 121 Å². The monoisotopic (exact) mass is 313 g/mol. The lowest BCUT2D eigenvalue weighted by molar-refractivity contribution is 0.461. The van der Waals surface area contributed by atoms with Gasteiger partial charge in [0.2, 0.25) is 10.0 Å². The lowest BCUT2D eigenvalue weighted by atomic mass is 10.2. The molecule has 1 heterocycles. The van der Waals surface area contributed by atoms with Gasteiger partial charge in [0.1, 0.15) is 10.7 Å². The van der Waals surface area contributed by atoms with Crippen LogP contribution in [0.5, 0.6) is 0 Å². The first-order chi connectivity index (χ1) is 9.80. The van der Waals surface area contributed by atoms with Gasteiger partial charge in [0.25, 0.3) is 0 Å². The number of nitrogen functional groups attached to an aromatic ring is 1. The zero-order chi connectivity index (χ0) is 15.6. The Bertz CT molecular complexity index is 749. The van der Waals surface area contributed by atoms with Crippen LogP contribution in [0, 0.1) is 11.6 Å². The van der Waals surface area contributed by atoms with Gasteiger partial charge in [-0.05, 0) is 29.8 Å². The Balaban J connectivity index is 2.24. The molecule has 0 aliphatic carbocycles. The molecule has 2 aromatic rings. The summed E-state index contributed by atoms with van der Waals surface area (Å²) < 4.78 is 51.5. The van der Waals surface area contributed by atoms with E-state index in [0.717, 1.165) is 22.6 Å². The molecule has 0 saturated heterocycles. The van der Waals surface area contributed by atoms with Crippen molar-refractivity contribution in [3.63, 3.8) is 0 Å². The van der Waals surface area contributed by atoms with Crippen LogP contribution in [0.4, 0.5) is 14.6 Å². The first-order valence-electron chi connectivity index (χ1n) is 5.92. The summed E-state index contributed by atoms with van der Waals surface area (Å²) in [6.07, 6.45) is 1.15. The molecule has 21 heavy (non-hydrogen) atoms. The predicted octanol–water partition coefficient (Wildman–Crippen LogP) is 1.76. The molecule has 0 aliphatic heterocycles. The predicted molar refractivity (Wildman–Crippen MR) is 73.7 cm³/mol. The molecule has 0 amide bonds. The summed E-state index contributed by atoms with van der Waals surface area (Å²) >= 11 is 0. The van der Waals surface area contributed by atoms with Gasteiger partial charge in [-0.2, -0.15) is 4.31 Å². The van der Waals surface area contributed by atoms with Crippen molar-refractivity contribution in [2.24, 2.45) is 0 Å². The van der Waals surface area contributed by atoms with Crippen LogP contribution < -0.4 is 5.73 Å². The summed E-state index contributed by atoms with van der Waals surface area (Å²) in [6.45, 7) is -0.0933. The van der Waals surface area contributed by atoms with Crippen LogP contribution in [0.1, 0.15) is 5.56 Å². The van der Waals surface area contributed by atoms with Crippen LogP contribution in [0.3, 0.4) is 0 Å². The molecule has 2 N–H and O–H groups in total. The number of anilines is 1. The zero-order valence-corrected chi connectivity index (χ0v) is 11.9. The quantitative estimate of drug-likeness (QED) is 0.933. The van der Waals surface area contributed by atoms with Crippen molar-refractivity contribution in [3.8, 4) is 0 Å². The maximum absolute atomic E-state index is 13.1. The van der Waals surface area contributed by atoms with Gasteiger partial charge in [0.15, 0.2) is 11.6 Å². The van der Waals surface area contributed by atoms with Gasteiger partial charge in [-0.3, -0.25) is 0 Å². The van der Waals surface area contributed by atoms with Crippen molar-refractivity contribution in [1.29, 1.82) is 0 Å². The molecule has 0 atom stereocenters. The highest BCUT2D eigenvalue weighted by atomic mass is 32.2. The minimum atomic E-state index is -3.78. The topological polar surface area (TPSA) is 76.3 Å². The highest BCUT2D eigenvalue weighted by molar-refractivity contribution is 7.89. The number of halogens is 2. The standard InChI is InChI=1S/C13H13F2N3O2S/c1-18(8-9-2-4-11(14)12(15)6-9)21(19,20)10-3-5-13(16)17-7-10/h2-7H,8H2,1H3,(H2,16,17). The Kier molecular flexibility index (Phi) is 4.19. The molecule has 1 aromatic carbocycles. The van der Waals surface area contributed by atoms with Gasteiger partial charge in [0.05, 0.1) is 0 Å². The van der Waals surface area contributed by atoms with E-state index in [0.29, 0.717) is 5.56 Å². The highest BCUT2D eigenvalue weighted by Crippen LogP contribution is 2.17.